The van der Waals surface area contributed by atoms with Crippen LogP contribution >= 0.6 is 0 Å². The van der Waals surface area contributed by atoms with Gasteiger partial charge in [0.2, 0.25) is 5.91 Å². The molecule has 2 atom stereocenters. The molecule has 0 unspecified atom stereocenters. The Morgan fingerprint density at radius 3 is 2.57 bits per heavy atom. The molecule has 0 spiro atoms. The molecule has 1 aliphatic heterocycles. The van der Waals surface area contributed by atoms with Crippen molar-refractivity contribution in [2.45, 2.75) is 31.1 Å². The Morgan fingerprint density at radius 2 is 2.04 bits per heavy atom. The third kappa shape index (κ3) is 4.80. The number of carbonyl (C=O) groups is 2. The second-order valence-corrected chi connectivity index (χ2v) is 5.54. The van der Waals surface area contributed by atoms with Crippen LogP contribution in [0.3, 0.4) is 0 Å². The number of methoxy groups -OCH3 is 1. The van der Waals surface area contributed by atoms with Crippen LogP contribution in [0, 0.1) is 6.42 Å². The van der Waals surface area contributed by atoms with E-state index < -0.39 is 23.7 Å². The van der Waals surface area contributed by atoms with E-state index in [0.29, 0.717) is 0 Å². The molecule has 5 nitrogen and oxygen atoms in total. The van der Waals surface area contributed by atoms with Crippen LogP contribution in [0.25, 0.3) is 0 Å². The molecule has 7 heteroatoms. The van der Waals surface area contributed by atoms with Gasteiger partial charge >= 0.3 is 6.11 Å². The number of nitrogens with one attached hydrogen (secondary N) is 1. The van der Waals surface area contributed by atoms with E-state index in [9.17, 15) is 18.4 Å². The molecule has 1 radical (unpaired) electrons. The maximum atomic E-state index is 13.1. The summed E-state index contributed by atoms with van der Waals surface area (Å²) in [5, 5.41) is 2.32. The minimum absolute atomic E-state index is 0.106. The Morgan fingerprint density at radius 1 is 1.43 bits per heavy atom. The number of hydrogen-bond donors (Lipinski definition) is 1. The molecule has 0 bridgehead atoms. The van der Waals surface area contributed by atoms with E-state index >= 15 is 0 Å². The van der Waals surface area contributed by atoms with Crippen molar-refractivity contribution in [1.29, 1.82) is 0 Å². The lowest BCUT2D eigenvalue weighted by Crippen LogP contribution is -2.48. The highest BCUT2D eigenvalue weighted by atomic mass is 19.3. The van der Waals surface area contributed by atoms with Crippen LogP contribution in [0.1, 0.15) is 12.5 Å². The van der Waals surface area contributed by atoms with Crippen LogP contribution in [0.2, 0.25) is 0 Å². The van der Waals surface area contributed by atoms with Crippen LogP contribution in [0.15, 0.2) is 30.3 Å². The van der Waals surface area contributed by atoms with E-state index in [4.69, 9.17) is 4.74 Å². The highest BCUT2D eigenvalue weighted by molar-refractivity contribution is 5.98. The van der Waals surface area contributed by atoms with E-state index in [-0.39, 0.29) is 25.2 Å². The van der Waals surface area contributed by atoms with Crippen molar-refractivity contribution < 1.29 is 27.8 Å². The van der Waals surface area contributed by atoms with Crippen molar-refractivity contribution in [1.82, 2.24) is 5.32 Å². The minimum atomic E-state index is -3.69. The van der Waals surface area contributed by atoms with E-state index in [1.807, 2.05) is 6.07 Å². The first kappa shape index (κ1) is 17.5. The quantitative estimate of drug-likeness (QED) is 0.736. The number of carbonyl (C=O) groups excluding carboxylic acids is 2. The number of amides is 1. The van der Waals surface area contributed by atoms with Crippen molar-refractivity contribution in [3.63, 3.8) is 0 Å². The zero-order chi connectivity index (χ0) is 17.1. The predicted molar refractivity (Wildman–Crippen MR) is 77.7 cm³/mol. The third-order valence-electron chi connectivity index (χ3n) is 3.59. The van der Waals surface area contributed by atoms with Crippen LogP contribution in [0.4, 0.5) is 8.78 Å². The Balaban J connectivity index is 2.07. The fraction of sp³-hybridized carbons (Fsp3) is 0.438. The van der Waals surface area contributed by atoms with Gasteiger partial charge in [0.05, 0.1) is 12.6 Å². The SMILES string of the molecule is COC(F)(F)[CH]C(=O)N[C@@H](Cc1ccccc1)C(=O)[C@@]1(C)CO1. The first-order valence-electron chi connectivity index (χ1n) is 7.07. The van der Waals surface area contributed by atoms with E-state index in [0.717, 1.165) is 12.7 Å². The Hall–Kier alpha value is -1.86. The highest BCUT2D eigenvalue weighted by Gasteiger charge is 2.50. The number of halogens is 2. The maximum absolute atomic E-state index is 13.1. The number of epoxide rings is 1. The number of hydrogen-bond acceptors (Lipinski definition) is 4. The maximum Gasteiger partial charge on any atom is 0.368 e. The molecule has 125 valence electrons. The van der Waals surface area contributed by atoms with Gasteiger partial charge < -0.3 is 14.8 Å². The predicted octanol–water partition coefficient (Wildman–Crippen LogP) is 1.52. The molecule has 0 aliphatic carbocycles. The molecule has 1 saturated heterocycles. The van der Waals surface area contributed by atoms with Gasteiger partial charge in [-0.05, 0) is 18.9 Å². The summed E-state index contributed by atoms with van der Waals surface area (Å²) in [5.41, 5.74) is -0.162. The largest absolute Gasteiger partial charge is 0.368 e. The van der Waals surface area contributed by atoms with Gasteiger partial charge in [-0.2, -0.15) is 8.78 Å². The first-order chi connectivity index (χ1) is 10.8. The van der Waals surface area contributed by atoms with Gasteiger partial charge in [0.15, 0.2) is 5.78 Å². The summed E-state index contributed by atoms with van der Waals surface area (Å²) in [4.78, 5) is 24.2. The summed E-state index contributed by atoms with van der Waals surface area (Å²) in [6, 6.07) is 8.02. The van der Waals surface area contributed by atoms with Crippen molar-refractivity contribution in [2.24, 2.45) is 0 Å². The van der Waals surface area contributed by atoms with Gasteiger partial charge in [0.1, 0.15) is 12.0 Å². The lowest BCUT2D eigenvalue weighted by atomic mass is 9.95. The van der Waals surface area contributed by atoms with Crippen LogP contribution in [0.5, 0.6) is 0 Å². The lowest BCUT2D eigenvalue weighted by Gasteiger charge is -2.21. The zero-order valence-corrected chi connectivity index (χ0v) is 12.8. The topological polar surface area (TPSA) is 67.9 Å². The van der Waals surface area contributed by atoms with Crippen LogP contribution in [-0.2, 0) is 25.5 Å². The normalized spacial score (nSPS) is 21.6. The molecule has 1 amide bonds. The van der Waals surface area contributed by atoms with E-state index in [2.05, 4.69) is 10.1 Å². The van der Waals surface area contributed by atoms with E-state index in [1.165, 1.54) is 0 Å². The summed E-state index contributed by atoms with van der Waals surface area (Å²) in [7, 11) is 0.787. The summed E-state index contributed by atoms with van der Waals surface area (Å²) in [6.07, 6.45) is -3.39. The van der Waals surface area contributed by atoms with Gasteiger partial charge in [0, 0.05) is 7.11 Å². The van der Waals surface area contributed by atoms with Crippen molar-refractivity contribution in [2.75, 3.05) is 13.7 Å². The molecule has 1 aliphatic rings. The zero-order valence-electron chi connectivity index (χ0n) is 12.8. The fourth-order valence-electron chi connectivity index (χ4n) is 2.10. The van der Waals surface area contributed by atoms with Crippen molar-refractivity contribution in [3.05, 3.63) is 42.3 Å². The number of ether oxygens (including phenoxy) is 2. The summed E-state index contributed by atoms with van der Waals surface area (Å²) >= 11 is 0. The van der Waals surface area contributed by atoms with Gasteiger partial charge in [-0.1, -0.05) is 30.3 Å². The molecule has 23 heavy (non-hydrogen) atoms. The second kappa shape index (κ2) is 6.72. The molecule has 1 heterocycles. The Bertz CT molecular complexity index is 573. The molecular formula is C16H18F2NO4. The fourth-order valence-corrected chi connectivity index (χ4v) is 2.10. The highest BCUT2D eigenvalue weighted by Crippen LogP contribution is 2.29. The van der Waals surface area contributed by atoms with Gasteiger partial charge in [-0.3, -0.25) is 9.59 Å². The minimum Gasteiger partial charge on any atom is -0.361 e. The van der Waals surface area contributed by atoms with Gasteiger partial charge in [-0.25, -0.2) is 0 Å². The monoisotopic (exact) mass is 326 g/mol. The second-order valence-electron chi connectivity index (χ2n) is 5.54. The average molecular weight is 326 g/mol. The number of rotatable bonds is 8. The summed E-state index contributed by atoms with van der Waals surface area (Å²) in [5.74, 6) is -1.42. The molecule has 2 rings (SSSR count). The van der Waals surface area contributed by atoms with Crippen LogP contribution in [-0.4, -0.2) is 43.2 Å². The summed E-state index contributed by atoms with van der Waals surface area (Å²) < 4.78 is 35.1. The summed E-state index contributed by atoms with van der Waals surface area (Å²) in [6.45, 7) is 1.86. The molecule has 0 saturated carbocycles. The van der Waals surface area contributed by atoms with E-state index in [1.54, 1.807) is 31.2 Å². The lowest BCUT2D eigenvalue weighted by molar-refractivity contribution is -0.196. The molecule has 1 N–H and O–H groups in total. The molecule has 0 aromatic heterocycles. The van der Waals surface area contributed by atoms with Crippen molar-refractivity contribution in [3.8, 4) is 0 Å². The number of benzene rings is 1. The number of alkyl halides is 2. The Labute approximate surface area is 133 Å². The number of Topliss-reactive ketones (excluding diaryl/α,β-unsaturated/α-hetero) is 1. The standard InChI is InChI=1S/C16H18F2NO4/c1-15(10-23-15)14(21)12(8-11-6-4-3-5-7-11)19-13(20)9-16(17,18)22-2/h3-7,9,12H,8,10H2,1-2H3,(H,19,20)/t12-,15+/m0/s1. The van der Waals surface area contributed by atoms with Gasteiger partial charge in [-0.15, -0.1) is 0 Å². The molecule has 1 aromatic carbocycles. The molecule has 1 aromatic rings. The average Bonchev–Trinajstić information content (AvgIpc) is 3.25. The first-order valence-corrected chi connectivity index (χ1v) is 7.07. The van der Waals surface area contributed by atoms with Crippen molar-refractivity contribution >= 4 is 11.7 Å². The molecular weight excluding hydrogens is 308 g/mol. The number of ketones is 1. The van der Waals surface area contributed by atoms with Crippen LogP contribution < -0.4 is 5.32 Å². The molecule has 1 fully saturated rings. The third-order valence-corrected chi connectivity index (χ3v) is 3.59. The Kier molecular flexibility index (Phi) is 5.11. The smallest absolute Gasteiger partial charge is 0.361 e. The van der Waals surface area contributed by atoms with Gasteiger partial charge in [0.25, 0.3) is 0 Å².